The minimum Gasteiger partial charge on any atom is -0.355 e. The van der Waals surface area contributed by atoms with E-state index in [1.165, 1.54) is 0 Å². The average molecular weight is 123 g/mol. The molecule has 1 saturated heterocycles. The molecular formula is C7H11N2. The van der Waals surface area contributed by atoms with Gasteiger partial charge in [-0.05, 0) is 6.42 Å². The van der Waals surface area contributed by atoms with Crippen LogP contribution in [0.5, 0.6) is 0 Å². The van der Waals surface area contributed by atoms with Crippen LogP contribution >= 0.6 is 0 Å². The van der Waals surface area contributed by atoms with E-state index in [4.69, 9.17) is 5.41 Å². The van der Waals surface area contributed by atoms with Gasteiger partial charge in [0.2, 0.25) is 0 Å². The van der Waals surface area contributed by atoms with Gasteiger partial charge in [-0.3, -0.25) is 0 Å². The van der Waals surface area contributed by atoms with Crippen LogP contribution in [0.4, 0.5) is 0 Å². The van der Waals surface area contributed by atoms with Crippen molar-refractivity contribution in [1.82, 2.24) is 10.3 Å². The van der Waals surface area contributed by atoms with E-state index in [1.807, 2.05) is 11.0 Å². The standard InChI is InChI=1S/C7H11N2/c1-2-5-9-6-3-4-7(9)8/h2H,1,3-6H2. The normalized spacial score (nSPS) is 18.7. The fourth-order valence-electron chi connectivity index (χ4n) is 1.07. The summed E-state index contributed by atoms with van der Waals surface area (Å²) in [6.45, 7) is 5.36. The molecule has 0 aromatic heterocycles. The van der Waals surface area contributed by atoms with Crippen LogP contribution in [0.1, 0.15) is 12.8 Å². The number of likely N-dealkylation sites (tertiary alicyclic amines) is 1. The zero-order valence-electron chi connectivity index (χ0n) is 5.51. The summed E-state index contributed by atoms with van der Waals surface area (Å²) in [6.07, 6.45) is 3.73. The van der Waals surface area contributed by atoms with Gasteiger partial charge in [-0.1, -0.05) is 6.08 Å². The van der Waals surface area contributed by atoms with E-state index in [1.54, 1.807) is 0 Å². The fraction of sp³-hybridized carbons (Fsp3) is 0.571. The van der Waals surface area contributed by atoms with Gasteiger partial charge in [0.15, 0.2) is 0 Å². The smallest absolute Gasteiger partial charge is 0.127 e. The van der Waals surface area contributed by atoms with Gasteiger partial charge in [0, 0.05) is 19.5 Å². The first-order chi connectivity index (χ1) is 4.34. The Kier molecular flexibility index (Phi) is 1.88. The van der Waals surface area contributed by atoms with E-state index < -0.39 is 0 Å². The van der Waals surface area contributed by atoms with Crippen molar-refractivity contribution in [2.24, 2.45) is 0 Å². The van der Waals surface area contributed by atoms with Crippen molar-refractivity contribution in [3.05, 3.63) is 12.7 Å². The number of hydrogen-bond donors (Lipinski definition) is 0. The summed E-state index contributed by atoms with van der Waals surface area (Å²) in [6, 6.07) is 0. The summed E-state index contributed by atoms with van der Waals surface area (Å²) in [4.78, 5) is 1.94. The predicted octanol–water partition coefficient (Wildman–Crippen LogP) is 0.467. The van der Waals surface area contributed by atoms with Gasteiger partial charge >= 0.3 is 0 Å². The molecule has 49 valence electrons. The van der Waals surface area contributed by atoms with Gasteiger partial charge < -0.3 is 4.90 Å². The second kappa shape index (κ2) is 2.67. The van der Waals surface area contributed by atoms with Crippen LogP contribution < -0.4 is 5.41 Å². The third-order valence-electron chi connectivity index (χ3n) is 1.54. The minimum absolute atomic E-state index is 0.523. The quantitative estimate of drug-likeness (QED) is 0.490. The van der Waals surface area contributed by atoms with Crippen molar-refractivity contribution in [2.45, 2.75) is 12.8 Å². The van der Waals surface area contributed by atoms with Gasteiger partial charge in [0.25, 0.3) is 0 Å². The maximum absolute atomic E-state index is 9.11. The maximum Gasteiger partial charge on any atom is 0.127 e. The van der Waals surface area contributed by atoms with E-state index in [0.29, 0.717) is 5.84 Å². The molecule has 2 heteroatoms. The van der Waals surface area contributed by atoms with Crippen molar-refractivity contribution < 1.29 is 0 Å². The van der Waals surface area contributed by atoms with Crippen molar-refractivity contribution in [3.63, 3.8) is 0 Å². The second-order valence-electron chi connectivity index (χ2n) is 2.25. The third kappa shape index (κ3) is 1.31. The van der Waals surface area contributed by atoms with Crippen LogP contribution in [0.2, 0.25) is 0 Å². The summed E-state index contributed by atoms with van der Waals surface area (Å²) < 4.78 is 0. The van der Waals surface area contributed by atoms with Crippen LogP contribution in [0.3, 0.4) is 0 Å². The summed E-state index contributed by atoms with van der Waals surface area (Å²) in [5.74, 6) is 0.523. The molecule has 0 saturated carbocycles. The first kappa shape index (κ1) is 6.33. The lowest BCUT2D eigenvalue weighted by molar-refractivity contribution is 0.502. The van der Waals surface area contributed by atoms with Gasteiger partial charge in [0.05, 0.1) is 0 Å². The van der Waals surface area contributed by atoms with E-state index >= 15 is 0 Å². The Morgan fingerprint density at radius 2 is 2.56 bits per heavy atom. The molecule has 0 aromatic rings. The highest BCUT2D eigenvalue weighted by atomic mass is 15.2. The molecule has 1 fully saturated rings. The molecule has 0 amide bonds. The van der Waals surface area contributed by atoms with Gasteiger partial charge in [-0.25, -0.2) is 0 Å². The molecule has 9 heavy (non-hydrogen) atoms. The molecule has 1 heterocycles. The van der Waals surface area contributed by atoms with Gasteiger partial charge in [0.1, 0.15) is 5.84 Å². The molecule has 0 unspecified atom stereocenters. The van der Waals surface area contributed by atoms with Crippen LogP contribution in [-0.2, 0) is 0 Å². The number of rotatable bonds is 2. The Hall–Kier alpha value is -0.790. The Balaban J connectivity index is 2.39. The zero-order chi connectivity index (χ0) is 6.69. The fourth-order valence-corrected chi connectivity index (χ4v) is 1.07. The lowest BCUT2D eigenvalue weighted by Gasteiger charge is -2.12. The maximum atomic E-state index is 9.11. The number of amidine groups is 1. The second-order valence-corrected chi connectivity index (χ2v) is 2.25. The Bertz CT molecular complexity index is 129. The van der Waals surface area contributed by atoms with E-state index in [9.17, 15) is 0 Å². The zero-order valence-corrected chi connectivity index (χ0v) is 5.51. The number of hydrogen-bond acceptors (Lipinski definition) is 0. The highest BCUT2D eigenvalue weighted by molar-refractivity contribution is 5.81. The SMILES string of the molecule is C=CCN1CCCC1=[N]. The first-order valence-corrected chi connectivity index (χ1v) is 3.25. The third-order valence-corrected chi connectivity index (χ3v) is 1.54. The van der Waals surface area contributed by atoms with Crippen LogP contribution in [0.25, 0.3) is 0 Å². The summed E-state index contributed by atoms with van der Waals surface area (Å²) >= 11 is 0. The Morgan fingerprint density at radius 3 is 3.00 bits per heavy atom. The highest BCUT2D eigenvalue weighted by Gasteiger charge is 2.14. The van der Waals surface area contributed by atoms with Crippen LogP contribution in [0.15, 0.2) is 12.7 Å². The highest BCUT2D eigenvalue weighted by Crippen LogP contribution is 2.07. The minimum atomic E-state index is 0.523. The largest absolute Gasteiger partial charge is 0.355 e. The van der Waals surface area contributed by atoms with E-state index in [-0.39, 0.29) is 0 Å². The molecule has 0 bridgehead atoms. The molecule has 1 aliphatic heterocycles. The summed E-state index contributed by atoms with van der Waals surface area (Å²) in [7, 11) is 0. The molecule has 0 spiro atoms. The Morgan fingerprint density at radius 1 is 1.78 bits per heavy atom. The molecule has 0 aliphatic carbocycles. The topological polar surface area (TPSA) is 25.5 Å². The summed E-state index contributed by atoms with van der Waals surface area (Å²) in [5.41, 5.74) is 0. The molecule has 1 aliphatic rings. The van der Waals surface area contributed by atoms with Crippen molar-refractivity contribution in [3.8, 4) is 0 Å². The van der Waals surface area contributed by atoms with Crippen molar-refractivity contribution in [1.29, 1.82) is 0 Å². The summed E-state index contributed by atoms with van der Waals surface area (Å²) in [5, 5.41) is 9.11. The van der Waals surface area contributed by atoms with Crippen LogP contribution in [0, 0.1) is 0 Å². The van der Waals surface area contributed by atoms with E-state index in [2.05, 4.69) is 6.58 Å². The average Bonchev–Trinajstić information content (AvgIpc) is 2.18. The van der Waals surface area contributed by atoms with Crippen molar-refractivity contribution in [2.75, 3.05) is 13.1 Å². The Labute approximate surface area is 55.7 Å². The first-order valence-electron chi connectivity index (χ1n) is 3.25. The van der Waals surface area contributed by atoms with Gasteiger partial charge in [-0.15, -0.1) is 12.0 Å². The van der Waals surface area contributed by atoms with Crippen LogP contribution in [-0.4, -0.2) is 23.8 Å². The predicted molar refractivity (Wildman–Crippen MR) is 38.1 cm³/mol. The molecular weight excluding hydrogens is 112 g/mol. The van der Waals surface area contributed by atoms with Gasteiger partial charge in [-0.2, -0.15) is 0 Å². The van der Waals surface area contributed by atoms with Crippen molar-refractivity contribution >= 4 is 5.84 Å². The van der Waals surface area contributed by atoms with E-state index in [0.717, 1.165) is 25.9 Å². The molecule has 0 aromatic carbocycles. The number of nitrogens with zero attached hydrogens (tertiary/aromatic N) is 2. The molecule has 2 nitrogen and oxygen atoms in total. The molecule has 0 N–H and O–H groups in total. The lowest BCUT2D eigenvalue weighted by Crippen LogP contribution is -2.25. The molecule has 0 atom stereocenters. The molecule has 1 radical (unpaired) electrons. The lowest BCUT2D eigenvalue weighted by atomic mass is 10.4. The monoisotopic (exact) mass is 123 g/mol. The molecule has 1 rings (SSSR count).